The van der Waals surface area contributed by atoms with E-state index in [1.807, 2.05) is 6.92 Å². The Morgan fingerprint density at radius 1 is 1.50 bits per heavy atom. The minimum absolute atomic E-state index is 0.122. The van der Waals surface area contributed by atoms with Crippen molar-refractivity contribution in [2.75, 3.05) is 13.2 Å². The number of Topliss-reactive ketones (excluding diaryl/α,β-unsaturated/α-hetero) is 1. The molecule has 0 bridgehead atoms. The molecule has 2 fully saturated rings. The fourth-order valence-electron chi connectivity index (χ4n) is 2.91. The third kappa shape index (κ3) is 2.30. The second kappa shape index (κ2) is 5.28. The molecule has 1 aliphatic carbocycles. The third-order valence-corrected chi connectivity index (χ3v) is 3.96. The Hall–Kier alpha value is -0.410. The van der Waals surface area contributed by atoms with Crippen LogP contribution in [0.5, 0.6) is 0 Å². The first-order valence-corrected chi connectivity index (χ1v) is 6.50. The van der Waals surface area contributed by atoms with Crippen molar-refractivity contribution in [2.24, 2.45) is 17.8 Å². The fraction of sp³-hybridized carbons (Fsp3) is 0.923. The Labute approximate surface area is 97.5 Å². The van der Waals surface area contributed by atoms with Crippen LogP contribution in [0.2, 0.25) is 0 Å². The van der Waals surface area contributed by atoms with Crippen LogP contribution in [0.1, 0.15) is 39.5 Å². The van der Waals surface area contributed by atoms with E-state index in [4.69, 9.17) is 9.47 Å². The van der Waals surface area contributed by atoms with Gasteiger partial charge in [-0.25, -0.2) is 0 Å². The van der Waals surface area contributed by atoms with E-state index in [-0.39, 0.29) is 12.2 Å². The van der Waals surface area contributed by atoms with E-state index < -0.39 is 0 Å². The van der Waals surface area contributed by atoms with Gasteiger partial charge in [0.2, 0.25) is 0 Å². The molecule has 2 rings (SSSR count). The van der Waals surface area contributed by atoms with Crippen molar-refractivity contribution in [3.05, 3.63) is 0 Å². The molecule has 0 unspecified atom stereocenters. The Morgan fingerprint density at radius 3 is 3.06 bits per heavy atom. The second-order valence-corrected chi connectivity index (χ2v) is 5.05. The molecule has 1 saturated carbocycles. The van der Waals surface area contributed by atoms with Gasteiger partial charge in [-0.15, -0.1) is 0 Å². The number of ether oxygens (including phenoxy) is 2. The molecule has 0 aromatic rings. The monoisotopic (exact) mass is 226 g/mol. The number of ketones is 1. The van der Waals surface area contributed by atoms with E-state index in [0.717, 1.165) is 38.9 Å². The predicted molar refractivity (Wildman–Crippen MR) is 61.0 cm³/mol. The lowest BCUT2D eigenvalue weighted by atomic mass is 9.86. The van der Waals surface area contributed by atoms with Crippen LogP contribution >= 0.6 is 0 Å². The van der Waals surface area contributed by atoms with Gasteiger partial charge in [-0.3, -0.25) is 4.79 Å². The number of unbranched alkanes of at least 4 members (excludes halogenated alkanes) is 1. The van der Waals surface area contributed by atoms with Gasteiger partial charge in [0.25, 0.3) is 0 Å². The summed E-state index contributed by atoms with van der Waals surface area (Å²) in [5, 5.41) is 0. The van der Waals surface area contributed by atoms with E-state index in [0.29, 0.717) is 17.6 Å². The van der Waals surface area contributed by atoms with Crippen molar-refractivity contribution in [1.29, 1.82) is 0 Å². The minimum atomic E-state index is -0.133. The summed E-state index contributed by atoms with van der Waals surface area (Å²) in [4.78, 5) is 11.7. The Kier molecular flexibility index (Phi) is 3.98. The summed E-state index contributed by atoms with van der Waals surface area (Å²) in [7, 11) is 0. The highest BCUT2D eigenvalue weighted by Gasteiger charge is 2.46. The molecule has 3 heteroatoms. The number of carbonyl (C=O) groups is 1. The summed E-state index contributed by atoms with van der Waals surface area (Å²) in [5.74, 6) is 1.32. The molecule has 4 atom stereocenters. The quantitative estimate of drug-likeness (QED) is 0.690. The molecular weight excluding hydrogens is 204 g/mol. The molecule has 2 aliphatic rings. The average Bonchev–Trinajstić information content (AvgIpc) is 2.56. The molecule has 0 aromatic carbocycles. The normalized spacial score (nSPS) is 38.8. The van der Waals surface area contributed by atoms with Crippen molar-refractivity contribution < 1.29 is 14.3 Å². The molecule has 0 aromatic heterocycles. The Balaban J connectivity index is 1.94. The molecule has 1 saturated heterocycles. The van der Waals surface area contributed by atoms with Gasteiger partial charge in [-0.1, -0.05) is 20.3 Å². The summed E-state index contributed by atoms with van der Waals surface area (Å²) < 4.78 is 11.5. The topological polar surface area (TPSA) is 35.5 Å². The van der Waals surface area contributed by atoms with E-state index in [1.165, 1.54) is 0 Å². The highest BCUT2D eigenvalue weighted by Crippen LogP contribution is 2.42. The van der Waals surface area contributed by atoms with E-state index in [1.54, 1.807) is 0 Å². The molecule has 1 aliphatic heterocycles. The first-order valence-electron chi connectivity index (χ1n) is 6.50. The average molecular weight is 226 g/mol. The van der Waals surface area contributed by atoms with Crippen LogP contribution in [-0.2, 0) is 14.3 Å². The lowest BCUT2D eigenvalue weighted by Gasteiger charge is -2.35. The SMILES string of the molecule is CCCCO[C@@H]1OCC[C@H]2CC(=O)[C@H](C)[C@@H]21. The Bertz CT molecular complexity index is 252. The van der Waals surface area contributed by atoms with E-state index in [9.17, 15) is 4.79 Å². The zero-order valence-corrected chi connectivity index (χ0v) is 10.3. The highest BCUT2D eigenvalue weighted by molar-refractivity contribution is 5.83. The van der Waals surface area contributed by atoms with Crippen LogP contribution in [0.3, 0.4) is 0 Å². The first-order chi connectivity index (χ1) is 7.74. The standard InChI is InChI=1S/C13H22O3/c1-3-4-6-15-13-12-9(2)11(14)8-10(12)5-7-16-13/h9-10,12-13H,3-8H2,1-2H3/t9-,10-,12-,13+/m0/s1. The summed E-state index contributed by atoms with van der Waals surface area (Å²) in [6.07, 6.45) is 3.83. The molecular formula is C13H22O3. The molecule has 0 amide bonds. The van der Waals surface area contributed by atoms with Crippen molar-refractivity contribution in [1.82, 2.24) is 0 Å². The van der Waals surface area contributed by atoms with E-state index in [2.05, 4.69) is 6.92 Å². The van der Waals surface area contributed by atoms with Gasteiger partial charge in [0.15, 0.2) is 6.29 Å². The molecule has 0 spiro atoms. The Morgan fingerprint density at radius 2 is 2.31 bits per heavy atom. The van der Waals surface area contributed by atoms with Gasteiger partial charge in [0, 0.05) is 24.9 Å². The zero-order chi connectivity index (χ0) is 11.5. The minimum Gasteiger partial charge on any atom is -0.352 e. The number of rotatable bonds is 4. The summed E-state index contributed by atoms with van der Waals surface area (Å²) in [6, 6.07) is 0. The van der Waals surface area contributed by atoms with E-state index >= 15 is 0 Å². The van der Waals surface area contributed by atoms with Gasteiger partial charge < -0.3 is 9.47 Å². The van der Waals surface area contributed by atoms with Crippen LogP contribution < -0.4 is 0 Å². The maximum absolute atomic E-state index is 11.7. The predicted octanol–water partition coefficient (Wildman–Crippen LogP) is 2.39. The second-order valence-electron chi connectivity index (χ2n) is 5.05. The lowest BCUT2D eigenvalue weighted by Crippen LogP contribution is -2.38. The van der Waals surface area contributed by atoms with Crippen molar-refractivity contribution in [3.63, 3.8) is 0 Å². The molecule has 3 nitrogen and oxygen atoms in total. The van der Waals surface area contributed by atoms with Gasteiger partial charge in [0.05, 0.1) is 6.61 Å². The maximum atomic E-state index is 11.7. The van der Waals surface area contributed by atoms with Crippen LogP contribution in [0.15, 0.2) is 0 Å². The van der Waals surface area contributed by atoms with Crippen LogP contribution in [0.4, 0.5) is 0 Å². The number of hydrogen-bond acceptors (Lipinski definition) is 3. The van der Waals surface area contributed by atoms with Crippen molar-refractivity contribution in [2.45, 2.75) is 45.8 Å². The first kappa shape index (κ1) is 12.1. The summed E-state index contributed by atoms with van der Waals surface area (Å²) >= 11 is 0. The van der Waals surface area contributed by atoms with Crippen LogP contribution in [0, 0.1) is 17.8 Å². The third-order valence-electron chi connectivity index (χ3n) is 3.96. The van der Waals surface area contributed by atoms with Gasteiger partial charge >= 0.3 is 0 Å². The maximum Gasteiger partial charge on any atom is 0.161 e. The number of carbonyl (C=O) groups excluding carboxylic acids is 1. The zero-order valence-electron chi connectivity index (χ0n) is 10.3. The fourth-order valence-corrected chi connectivity index (χ4v) is 2.91. The van der Waals surface area contributed by atoms with Crippen molar-refractivity contribution in [3.8, 4) is 0 Å². The van der Waals surface area contributed by atoms with Crippen LogP contribution in [-0.4, -0.2) is 25.3 Å². The molecule has 0 radical (unpaired) electrons. The molecule has 0 N–H and O–H groups in total. The number of fused-ring (bicyclic) bond motifs is 1. The number of hydrogen-bond donors (Lipinski definition) is 0. The highest BCUT2D eigenvalue weighted by atomic mass is 16.7. The van der Waals surface area contributed by atoms with Gasteiger partial charge in [-0.05, 0) is 18.8 Å². The summed E-state index contributed by atoms with van der Waals surface area (Å²) in [6.45, 7) is 5.68. The van der Waals surface area contributed by atoms with Gasteiger partial charge in [0.1, 0.15) is 5.78 Å². The smallest absolute Gasteiger partial charge is 0.161 e. The van der Waals surface area contributed by atoms with Crippen LogP contribution in [0.25, 0.3) is 0 Å². The lowest BCUT2D eigenvalue weighted by molar-refractivity contribution is -0.209. The van der Waals surface area contributed by atoms with Crippen molar-refractivity contribution >= 4 is 5.78 Å². The molecule has 92 valence electrons. The van der Waals surface area contributed by atoms with Gasteiger partial charge in [-0.2, -0.15) is 0 Å². The summed E-state index contributed by atoms with van der Waals surface area (Å²) in [5.41, 5.74) is 0. The largest absolute Gasteiger partial charge is 0.352 e. The molecule has 1 heterocycles. The molecule has 16 heavy (non-hydrogen) atoms.